The number of pyridine rings is 1. The predicted molar refractivity (Wildman–Crippen MR) is 60.3 cm³/mol. The van der Waals surface area contributed by atoms with E-state index in [2.05, 4.69) is 16.8 Å². The third-order valence-electron chi connectivity index (χ3n) is 2.01. The monoisotopic (exact) mass is 197 g/mol. The molecule has 0 unspecified atom stereocenters. The number of aliphatic hydroxyl groups is 1. The summed E-state index contributed by atoms with van der Waals surface area (Å²) in [5, 5.41) is 10.1. The molecule has 0 fully saturated rings. The Labute approximate surface area is 88.6 Å². The van der Waals surface area contributed by atoms with Crippen molar-refractivity contribution < 1.29 is 5.11 Å². The molecule has 0 aliphatic rings. The van der Waals surface area contributed by atoms with Crippen LogP contribution in [0.3, 0.4) is 0 Å². The van der Waals surface area contributed by atoms with Crippen molar-refractivity contribution in [3.05, 3.63) is 42.1 Å². The van der Waals surface area contributed by atoms with Crippen molar-refractivity contribution in [3.63, 3.8) is 0 Å². The van der Waals surface area contributed by atoms with Gasteiger partial charge in [0.1, 0.15) is 11.8 Å². The third-order valence-corrected chi connectivity index (χ3v) is 2.01. The molecule has 0 bridgehead atoms. The quantitative estimate of drug-likeness (QED) is 0.655. The highest BCUT2D eigenvalue weighted by Crippen LogP contribution is 2.10. The van der Waals surface area contributed by atoms with E-state index < -0.39 is 6.10 Å². The molecule has 0 saturated heterocycles. The first-order chi connectivity index (χ1) is 7.25. The number of hydrogen-bond acceptors (Lipinski definition) is 2. The van der Waals surface area contributed by atoms with Crippen molar-refractivity contribution in [1.82, 2.24) is 4.98 Å². The molecule has 0 aliphatic heterocycles. The molecule has 1 aromatic heterocycles. The van der Waals surface area contributed by atoms with Gasteiger partial charge in [0.2, 0.25) is 0 Å². The Kier molecular flexibility index (Phi) is 2.66. The number of nitrogens with zero attached hydrogens (tertiary/aromatic N) is 1. The summed E-state index contributed by atoms with van der Waals surface area (Å²) in [6.07, 6.45) is -0.613. The van der Waals surface area contributed by atoms with Gasteiger partial charge in [0.15, 0.2) is 0 Å². The zero-order valence-electron chi connectivity index (χ0n) is 8.44. The Morgan fingerprint density at radius 1 is 1.20 bits per heavy atom. The zero-order valence-corrected chi connectivity index (χ0v) is 8.44. The second-order valence-corrected chi connectivity index (χ2v) is 3.33. The highest BCUT2D eigenvalue weighted by atomic mass is 16.3. The van der Waals surface area contributed by atoms with E-state index in [4.69, 9.17) is 5.11 Å². The molecule has 0 aliphatic carbocycles. The van der Waals surface area contributed by atoms with Crippen molar-refractivity contribution in [1.29, 1.82) is 0 Å². The summed E-state index contributed by atoms with van der Waals surface area (Å²) >= 11 is 0. The Bertz CT molecular complexity index is 535. The Morgan fingerprint density at radius 2 is 2.00 bits per heavy atom. The summed E-state index contributed by atoms with van der Waals surface area (Å²) in [4.78, 5) is 4.36. The first-order valence-corrected chi connectivity index (χ1v) is 4.81. The predicted octanol–water partition coefficient (Wildman–Crippen LogP) is 1.97. The van der Waals surface area contributed by atoms with Crippen LogP contribution >= 0.6 is 0 Å². The maximum Gasteiger partial charge on any atom is 0.113 e. The van der Waals surface area contributed by atoms with Crippen molar-refractivity contribution in [2.24, 2.45) is 0 Å². The van der Waals surface area contributed by atoms with Crippen molar-refractivity contribution in [3.8, 4) is 11.8 Å². The summed E-state index contributed by atoms with van der Waals surface area (Å²) in [5.74, 6) is 5.49. The van der Waals surface area contributed by atoms with E-state index in [1.165, 1.54) is 0 Å². The molecule has 2 rings (SSSR count). The lowest BCUT2D eigenvalue weighted by atomic mass is 10.2. The van der Waals surface area contributed by atoms with Crippen LogP contribution in [0.15, 0.2) is 36.4 Å². The van der Waals surface area contributed by atoms with Crippen LogP contribution in [0.5, 0.6) is 0 Å². The molecule has 1 N–H and O–H groups in total. The maximum absolute atomic E-state index is 9.03. The maximum atomic E-state index is 9.03. The summed E-state index contributed by atoms with van der Waals surface area (Å²) in [6.45, 7) is 1.63. The van der Waals surface area contributed by atoms with Gasteiger partial charge in [-0.15, -0.1) is 0 Å². The highest BCUT2D eigenvalue weighted by molar-refractivity contribution is 5.78. The minimum atomic E-state index is -0.613. The minimum absolute atomic E-state index is 0.613. The number of rotatable bonds is 0. The van der Waals surface area contributed by atoms with Gasteiger partial charge in [-0.25, -0.2) is 4.98 Å². The van der Waals surface area contributed by atoms with E-state index in [9.17, 15) is 0 Å². The van der Waals surface area contributed by atoms with E-state index in [1.54, 1.807) is 6.92 Å². The number of fused-ring (bicyclic) bond motifs is 1. The van der Waals surface area contributed by atoms with Crippen LogP contribution in [0, 0.1) is 11.8 Å². The lowest BCUT2D eigenvalue weighted by molar-refractivity contribution is 0.253. The molecule has 2 aromatic rings. The number of para-hydroxylation sites is 1. The SMILES string of the molecule is C[C@H](O)C#Cc1ccc2ccccc2n1. The molecule has 1 atom stereocenters. The fraction of sp³-hybridized carbons (Fsp3) is 0.154. The van der Waals surface area contributed by atoms with Gasteiger partial charge in [-0.05, 0) is 25.0 Å². The average molecular weight is 197 g/mol. The molecule has 1 aromatic carbocycles. The number of benzene rings is 1. The number of aromatic nitrogens is 1. The molecule has 2 heteroatoms. The van der Waals surface area contributed by atoms with E-state index in [-0.39, 0.29) is 0 Å². The van der Waals surface area contributed by atoms with Gasteiger partial charge in [-0.2, -0.15) is 0 Å². The second kappa shape index (κ2) is 4.12. The molecule has 15 heavy (non-hydrogen) atoms. The minimum Gasteiger partial charge on any atom is -0.381 e. The lowest BCUT2D eigenvalue weighted by Crippen LogP contribution is -1.93. The number of hydrogen-bond donors (Lipinski definition) is 1. The standard InChI is InChI=1S/C13H11NO/c1-10(15)6-8-12-9-7-11-4-2-3-5-13(11)14-12/h2-5,7,9-10,15H,1H3/t10-/m0/s1. The summed E-state index contributed by atoms with van der Waals surface area (Å²) in [5.41, 5.74) is 1.62. The average Bonchev–Trinajstić information content (AvgIpc) is 2.26. The second-order valence-electron chi connectivity index (χ2n) is 3.33. The lowest BCUT2D eigenvalue weighted by Gasteiger charge is -1.96. The molecule has 0 spiro atoms. The van der Waals surface area contributed by atoms with E-state index in [1.807, 2.05) is 36.4 Å². The van der Waals surface area contributed by atoms with Gasteiger partial charge in [-0.1, -0.05) is 30.2 Å². The topological polar surface area (TPSA) is 33.1 Å². The zero-order chi connectivity index (χ0) is 10.7. The molecule has 0 radical (unpaired) electrons. The molecule has 74 valence electrons. The fourth-order valence-electron chi connectivity index (χ4n) is 1.31. The first kappa shape index (κ1) is 9.70. The first-order valence-electron chi connectivity index (χ1n) is 4.81. The molecule has 0 saturated carbocycles. The van der Waals surface area contributed by atoms with Crippen LogP contribution < -0.4 is 0 Å². The van der Waals surface area contributed by atoms with Gasteiger partial charge < -0.3 is 5.11 Å². The Balaban J connectivity index is 2.44. The molecule has 1 heterocycles. The van der Waals surface area contributed by atoms with Gasteiger partial charge >= 0.3 is 0 Å². The Morgan fingerprint density at radius 3 is 2.80 bits per heavy atom. The highest BCUT2D eigenvalue weighted by Gasteiger charge is 1.94. The molecule has 0 amide bonds. The third kappa shape index (κ3) is 2.34. The number of aliphatic hydroxyl groups excluding tert-OH is 1. The molecular formula is C13H11NO. The van der Waals surface area contributed by atoms with Gasteiger partial charge in [0.25, 0.3) is 0 Å². The van der Waals surface area contributed by atoms with Crippen LogP contribution in [0.25, 0.3) is 10.9 Å². The van der Waals surface area contributed by atoms with Crippen LogP contribution in [-0.4, -0.2) is 16.2 Å². The van der Waals surface area contributed by atoms with Crippen LogP contribution in [0.1, 0.15) is 12.6 Å². The van der Waals surface area contributed by atoms with Gasteiger partial charge in [0.05, 0.1) is 5.52 Å². The smallest absolute Gasteiger partial charge is 0.113 e. The van der Waals surface area contributed by atoms with Crippen LogP contribution in [0.4, 0.5) is 0 Å². The Hall–Kier alpha value is -1.85. The normalized spacial score (nSPS) is 11.9. The molecular weight excluding hydrogens is 186 g/mol. The van der Waals surface area contributed by atoms with Crippen molar-refractivity contribution >= 4 is 10.9 Å². The van der Waals surface area contributed by atoms with Gasteiger partial charge in [0, 0.05) is 5.39 Å². The van der Waals surface area contributed by atoms with Crippen LogP contribution in [-0.2, 0) is 0 Å². The largest absolute Gasteiger partial charge is 0.381 e. The molecule has 2 nitrogen and oxygen atoms in total. The van der Waals surface area contributed by atoms with Crippen molar-refractivity contribution in [2.75, 3.05) is 0 Å². The fourth-order valence-corrected chi connectivity index (χ4v) is 1.31. The van der Waals surface area contributed by atoms with Crippen LogP contribution in [0.2, 0.25) is 0 Å². The van der Waals surface area contributed by atoms with E-state index in [0.717, 1.165) is 10.9 Å². The van der Waals surface area contributed by atoms with E-state index >= 15 is 0 Å². The summed E-state index contributed by atoms with van der Waals surface area (Å²) in [6, 6.07) is 11.7. The summed E-state index contributed by atoms with van der Waals surface area (Å²) < 4.78 is 0. The van der Waals surface area contributed by atoms with E-state index in [0.29, 0.717) is 5.69 Å². The summed E-state index contributed by atoms with van der Waals surface area (Å²) in [7, 11) is 0. The van der Waals surface area contributed by atoms with Gasteiger partial charge in [-0.3, -0.25) is 0 Å². The van der Waals surface area contributed by atoms with Crippen molar-refractivity contribution in [2.45, 2.75) is 13.0 Å².